The minimum atomic E-state index is 0.448. The Kier molecular flexibility index (Phi) is 3.09. The fourth-order valence-corrected chi connectivity index (χ4v) is 2.19. The molecule has 0 amide bonds. The SMILES string of the molecule is Cc1cc(C)nc(-n2cc(C=O)c(-c3ccnn3C)n2)n1. The number of carbonyl (C=O) groups excluding carboxylic acids is 1. The van der Waals surface area contributed by atoms with Gasteiger partial charge in [-0.25, -0.2) is 14.6 Å². The lowest BCUT2D eigenvalue weighted by atomic mass is 10.2. The van der Waals surface area contributed by atoms with E-state index >= 15 is 0 Å². The van der Waals surface area contributed by atoms with E-state index in [1.807, 2.05) is 26.0 Å². The second-order valence-corrected chi connectivity index (χ2v) is 4.79. The Morgan fingerprint density at radius 1 is 1.19 bits per heavy atom. The molecule has 0 aliphatic heterocycles. The van der Waals surface area contributed by atoms with Gasteiger partial charge in [0.15, 0.2) is 6.29 Å². The summed E-state index contributed by atoms with van der Waals surface area (Å²) in [5.74, 6) is 0.448. The van der Waals surface area contributed by atoms with Gasteiger partial charge in [-0.3, -0.25) is 9.48 Å². The predicted octanol–water partition coefficient (Wildman–Crippen LogP) is 1.49. The lowest BCUT2D eigenvalue weighted by Crippen LogP contribution is -2.04. The molecule has 0 aliphatic carbocycles. The number of aromatic nitrogens is 6. The van der Waals surface area contributed by atoms with Crippen molar-refractivity contribution in [3.05, 3.63) is 41.5 Å². The van der Waals surface area contributed by atoms with Gasteiger partial charge in [0.05, 0.1) is 11.3 Å². The van der Waals surface area contributed by atoms with Crippen LogP contribution in [0.1, 0.15) is 21.7 Å². The lowest BCUT2D eigenvalue weighted by Gasteiger charge is -2.02. The average molecular weight is 282 g/mol. The predicted molar refractivity (Wildman–Crippen MR) is 76.2 cm³/mol. The van der Waals surface area contributed by atoms with E-state index in [4.69, 9.17) is 0 Å². The molecule has 0 atom stereocenters. The molecule has 21 heavy (non-hydrogen) atoms. The standard InChI is InChI=1S/C14H14N6O/c1-9-6-10(2)17-14(16-9)20-7-11(8-21)13(18-20)12-4-5-15-19(12)3/h4-8H,1-3H3. The summed E-state index contributed by atoms with van der Waals surface area (Å²) in [5.41, 5.74) is 3.50. The molecule has 0 bridgehead atoms. The van der Waals surface area contributed by atoms with E-state index in [1.165, 1.54) is 4.68 Å². The molecule has 0 unspecified atom stereocenters. The number of hydrogen-bond acceptors (Lipinski definition) is 5. The van der Waals surface area contributed by atoms with Crippen LogP contribution < -0.4 is 0 Å². The molecule has 3 aromatic heterocycles. The largest absolute Gasteiger partial charge is 0.298 e. The average Bonchev–Trinajstić information content (AvgIpc) is 3.03. The van der Waals surface area contributed by atoms with E-state index in [0.29, 0.717) is 17.2 Å². The zero-order chi connectivity index (χ0) is 15.0. The normalized spacial score (nSPS) is 10.8. The van der Waals surface area contributed by atoms with E-state index in [-0.39, 0.29) is 0 Å². The smallest absolute Gasteiger partial charge is 0.250 e. The van der Waals surface area contributed by atoms with Crippen molar-refractivity contribution < 1.29 is 4.79 Å². The Morgan fingerprint density at radius 2 is 1.90 bits per heavy atom. The zero-order valence-electron chi connectivity index (χ0n) is 12.0. The Morgan fingerprint density at radius 3 is 2.48 bits per heavy atom. The molecule has 0 fully saturated rings. The molecule has 0 saturated carbocycles. The fraction of sp³-hybridized carbons (Fsp3) is 0.214. The molecule has 7 heteroatoms. The first-order valence-corrected chi connectivity index (χ1v) is 6.44. The van der Waals surface area contributed by atoms with E-state index < -0.39 is 0 Å². The van der Waals surface area contributed by atoms with Crippen LogP contribution in [0, 0.1) is 13.8 Å². The summed E-state index contributed by atoms with van der Waals surface area (Å²) in [4.78, 5) is 20.0. The van der Waals surface area contributed by atoms with Crippen LogP contribution in [0.2, 0.25) is 0 Å². The van der Waals surface area contributed by atoms with Crippen molar-refractivity contribution in [3.63, 3.8) is 0 Å². The Balaban J connectivity index is 2.16. The van der Waals surface area contributed by atoms with Crippen molar-refractivity contribution in [2.75, 3.05) is 0 Å². The monoisotopic (exact) mass is 282 g/mol. The van der Waals surface area contributed by atoms with E-state index in [0.717, 1.165) is 23.4 Å². The second-order valence-electron chi connectivity index (χ2n) is 4.79. The highest BCUT2D eigenvalue weighted by Crippen LogP contribution is 2.21. The van der Waals surface area contributed by atoms with Crippen molar-refractivity contribution in [1.29, 1.82) is 0 Å². The van der Waals surface area contributed by atoms with E-state index in [1.54, 1.807) is 24.1 Å². The van der Waals surface area contributed by atoms with Gasteiger partial charge in [0.1, 0.15) is 5.69 Å². The number of aldehydes is 1. The summed E-state index contributed by atoms with van der Waals surface area (Å²) in [6, 6.07) is 3.69. The van der Waals surface area contributed by atoms with Gasteiger partial charge in [0, 0.05) is 30.8 Å². The molecule has 0 saturated heterocycles. The molecule has 0 spiro atoms. The minimum Gasteiger partial charge on any atom is -0.298 e. The van der Waals surface area contributed by atoms with Crippen LogP contribution in [-0.4, -0.2) is 35.8 Å². The number of hydrogen-bond donors (Lipinski definition) is 0. The van der Waals surface area contributed by atoms with Crippen molar-refractivity contribution in [2.24, 2.45) is 7.05 Å². The first kappa shape index (κ1) is 13.2. The molecule has 0 N–H and O–H groups in total. The van der Waals surface area contributed by atoms with Gasteiger partial charge in [-0.15, -0.1) is 0 Å². The van der Waals surface area contributed by atoms with Gasteiger partial charge in [-0.05, 0) is 26.0 Å². The van der Waals surface area contributed by atoms with Gasteiger partial charge in [-0.2, -0.15) is 10.2 Å². The molecule has 0 aliphatic rings. The van der Waals surface area contributed by atoms with Crippen molar-refractivity contribution >= 4 is 6.29 Å². The highest BCUT2D eigenvalue weighted by atomic mass is 16.1. The van der Waals surface area contributed by atoms with Crippen molar-refractivity contribution in [2.45, 2.75) is 13.8 Å². The Hall–Kier alpha value is -2.83. The van der Waals surface area contributed by atoms with Crippen LogP contribution in [0.25, 0.3) is 17.3 Å². The summed E-state index contributed by atoms with van der Waals surface area (Å²) in [6.07, 6.45) is 4.06. The molecule has 7 nitrogen and oxygen atoms in total. The first-order valence-electron chi connectivity index (χ1n) is 6.44. The molecular weight excluding hydrogens is 268 g/mol. The van der Waals surface area contributed by atoms with Gasteiger partial charge in [-0.1, -0.05) is 0 Å². The quantitative estimate of drug-likeness (QED) is 0.680. The maximum absolute atomic E-state index is 11.3. The molecule has 3 heterocycles. The fourth-order valence-electron chi connectivity index (χ4n) is 2.19. The number of aryl methyl sites for hydroxylation is 3. The third-order valence-corrected chi connectivity index (χ3v) is 3.11. The molecular formula is C14H14N6O. The summed E-state index contributed by atoms with van der Waals surface area (Å²) < 4.78 is 3.19. The minimum absolute atomic E-state index is 0.448. The second kappa shape index (κ2) is 4.93. The lowest BCUT2D eigenvalue weighted by molar-refractivity contribution is 0.112. The van der Waals surface area contributed by atoms with Crippen LogP contribution >= 0.6 is 0 Å². The molecule has 3 rings (SSSR count). The van der Waals surface area contributed by atoms with Crippen molar-refractivity contribution in [1.82, 2.24) is 29.5 Å². The van der Waals surface area contributed by atoms with Gasteiger partial charge in [0.25, 0.3) is 5.95 Å². The third kappa shape index (κ3) is 2.33. The van der Waals surface area contributed by atoms with Gasteiger partial charge in [0.2, 0.25) is 0 Å². The number of carbonyl (C=O) groups is 1. The summed E-state index contributed by atoms with van der Waals surface area (Å²) in [5, 5.41) is 8.54. The van der Waals surface area contributed by atoms with Gasteiger partial charge >= 0.3 is 0 Å². The Labute approximate surface area is 121 Å². The number of nitrogens with zero attached hydrogens (tertiary/aromatic N) is 6. The first-order chi connectivity index (χ1) is 10.1. The third-order valence-electron chi connectivity index (χ3n) is 3.11. The molecule has 0 radical (unpaired) electrons. The van der Waals surface area contributed by atoms with Crippen molar-refractivity contribution in [3.8, 4) is 17.3 Å². The maximum atomic E-state index is 11.3. The van der Waals surface area contributed by atoms with Crippen LogP contribution in [0.15, 0.2) is 24.5 Å². The number of rotatable bonds is 3. The van der Waals surface area contributed by atoms with Gasteiger partial charge < -0.3 is 0 Å². The van der Waals surface area contributed by atoms with Crippen LogP contribution in [0.3, 0.4) is 0 Å². The topological polar surface area (TPSA) is 78.5 Å². The summed E-state index contributed by atoms with van der Waals surface area (Å²) in [7, 11) is 1.80. The highest BCUT2D eigenvalue weighted by Gasteiger charge is 2.15. The maximum Gasteiger partial charge on any atom is 0.250 e. The van der Waals surface area contributed by atoms with E-state index in [9.17, 15) is 4.79 Å². The highest BCUT2D eigenvalue weighted by molar-refractivity contribution is 5.84. The zero-order valence-corrected chi connectivity index (χ0v) is 12.0. The Bertz CT molecular complexity index is 796. The molecule has 106 valence electrons. The summed E-state index contributed by atoms with van der Waals surface area (Å²) in [6.45, 7) is 3.79. The molecule has 3 aromatic rings. The van der Waals surface area contributed by atoms with Crippen LogP contribution in [0.4, 0.5) is 0 Å². The summed E-state index contributed by atoms with van der Waals surface area (Å²) >= 11 is 0. The van der Waals surface area contributed by atoms with Crippen LogP contribution in [-0.2, 0) is 7.05 Å². The van der Waals surface area contributed by atoms with Crippen LogP contribution in [0.5, 0.6) is 0 Å². The van der Waals surface area contributed by atoms with E-state index in [2.05, 4.69) is 20.2 Å². The molecule has 0 aromatic carbocycles.